The Labute approximate surface area is 171 Å². The molecule has 3 heterocycles. The van der Waals surface area contributed by atoms with Crippen molar-refractivity contribution < 1.29 is 20.1 Å². The molecule has 8 heteroatoms. The Balaban J connectivity index is 1.35. The first-order valence-electron chi connectivity index (χ1n) is 10.7. The highest BCUT2D eigenvalue weighted by Gasteiger charge is 2.54. The predicted octanol–water partition coefficient (Wildman–Crippen LogP) is -0.919. The topological polar surface area (TPSA) is 114 Å². The monoisotopic (exact) mass is 404 g/mol. The van der Waals surface area contributed by atoms with Crippen LogP contribution in [0.1, 0.15) is 35.6 Å². The van der Waals surface area contributed by atoms with E-state index in [9.17, 15) is 15.3 Å². The first kappa shape index (κ1) is 19.8. The molecule has 3 saturated heterocycles. The van der Waals surface area contributed by atoms with Crippen molar-refractivity contribution in [3.05, 3.63) is 34.9 Å². The molecule has 0 amide bonds. The Hall–Kier alpha value is -1.10. The summed E-state index contributed by atoms with van der Waals surface area (Å²) in [5.41, 5.74) is 9.58. The van der Waals surface area contributed by atoms with Crippen LogP contribution < -0.4 is 11.1 Å². The summed E-state index contributed by atoms with van der Waals surface area (Å²) >= 11 is 0. The van der Waals surface area contributed by atoms with Gasteiger partial charge in [-0.3, -0.25) is 15.1 Å². The lowest BCUT2D eigenvalue weighted by molar-refractivity contribution is -0.145. The molecule has 0 aromatic heterocycles. The number of nitrogens with two attached hydrogens (primary N) is 1. The Bertz CT molecular complexity index is 764. The second-order valence-corrected chi connectivity index (χ2v) is 9.05. The van der Waals surface area contributed by atoms with E-state index in [0.717, 1.165) is 37.8 Å². The van der Waals surface area contributed by atoms with Gasteiger partial charge in [-0.2, -0.15) is 0 Å². The molecule has 3 aliphatic heterocycles. The van der Waals surface area contributed by atoms with Crippen LogP contribution in [-0.4, -0.2) is 82.3 Å². The first-order chi connectivity index (χ1) is 14.0. The third-order valence-corrected chi connectivity index (χ3v) is 7.31. The van der Waals surface area contributed by atoms with Crippen LogP contribution in [0.3, 0.4) is 0 Å². The normalized spacial score (nSPS) is 41.5. The highest BCUT2D eigenvalue weighted by atomic mass is 16.6. The van der Waals surface area contributed by atoms with Crippen molar-refractivity contribution >= 4 is 0 Å². The molecule has 8 nitrogen and oxygen atoms in total. The van der Waals surface area contributed by atoms with E-state index in [1.807, 2.05) is 19.2 Å². The van der Waals surface area contributed by atoms with Crippen molar-refractivity contribution in [2.45, 2.75) is 68.7 Å². The number of likely N-dealkylation sites (tertiary alicyclic amines) is 1. The second-order valence-electron chi connectivity index (χ2n) is 9.05. The van der Waals surface area contributed by atoms with E-state index >= 15 is 0 Å². The van der Waals surface area contributed by atoms with Gasteiger partial charge in [0.05, 0.1) is 19.0 Å². The van der Waals surface area contributed by atoms with E-state index in [1.165, 1.54) is 11.1 Å². The third kappa shape index (κ3) is 3.23. The van der Waals surface area contributed by atoms with Gasteiger partial charge in [0.1, 0.15) is 30.6 Å². The molecule has 1 aromatic carbocycles. The van der Waals surface area contributed by atoms with E-state index < -0.39 is 30.6 Å². The van der Waals surface area contributed by atoms with Gasteiger partial charge >= 0.3 is 0 Å². The fourth-order valence-electron chi connectivity index (χ4n) is 5.73. The molecule has 0 radical (unpaired) electrons. The number of aliphatic hydroxyl groups is 3. The maximum absolute atomic E-state index is 11.0. The van der Waals surface area contributed by atoms with Crippen molar-refractivity contribution in [1.29, 1.82) is 0 Å². The minimum absolute atomic E-state index is 0.0361. The summed E-state index contributed by atoms with van der Waals surface area (Å²) in [6, 6.07) is 6.00. The molecule has 160 valence electrons. The number of nitrogens with zero attached hydrogens (tertiary/aromatic N) is 2. The van der Waals surface area contributed by atoms with Crippen LogP contribution in [-0.2, 0) is 17.6 Å². The van der Waals surface area contributed by atoms with Crippen LogP contribution >= 0.6 is 0 Å². The molecular formula is C21H32N4O4. The van der Waals surface area contributed by atoms with Gasteiger partial charge in [-0.25, -0.2) is 0 Å². The van der Waals surface area contributed by atoms with Gasteiger partial charge in [0.2, 0.25) is 0 Å². The second kappa shape index (κ2) is 7.55. The molecule has 6 N–H and O–H groups in total. The number of nitrogens with one attached hydrogen (secondary N) is 1. The summed E-state index contributed by atoms with van der Waals surface area (Å²) < 4.78 is 6.13. The molecule has 3 unspecified atom stereocenters. The smallest absolute Gasteiger partial charge is 0.141 e. The minimum Gasteiger partial charge on any atom is -0.387 e. The Morgan fingerprint density at radius 3 is 2.83 bits per heavy atom. The molecule has 0 saturated carbocycles. The molecule has 8 atom stereocenters. The Morgan fingerprint density at radius 1 is 1.21 bits per heavy atom. The van der Waals surface area contributed by atoms with Crippen LogP contribution in [0, 0.1) is 5.92 Å². The molecule has 5 rings (SSSR count). The lowest BCUT2D eigenvalue weighted by Gasteiger charge is -2.44. The SMILES string of the molecule is CN1CNC(N)C2CCN([C@@H]3O[C@H]([C@H](O)c4ccc5c(c4)CCC5)[C@@H](O)[C@H]3O)C21. The molecule has 0 spiro atoms. The average molecular weight is 405 g/mol. The van der Waals surface area contributed by atoms with Crippen LogP contribution in [0.2, 0.25) is 0 Å². The number of benzene rings is 1. The lowest BCUT2D eigenvalue weighted by atomic mass is 9.96. The van der Waals surface area contributed by atoms with Gasteiger partial charge in [0, 0.05) is 12.5 Å². The van der Waals surface area contributed by atoms with Crippen LogP contribution in [0.25, 0.3) is 0 Å². The number of ether oxygens (including phenoxy) is 1. The van der Waals surface area contributed by atoms with Crippen molar-refractivity contribution in [1.82, 2.24) is 15.1 Å². The third-order valence-electron chi connectivity index (χ3n) is 7.31. The number of fused-ring (bicyclic) bond motifs is 2. The van der Waals surface area contributed by atoms with Crippen molar-refractivity contribution in [2.75, 3.05) is 20.3 Å². The van der Waals surface area contributed by atoms with E-state index in [1.54, 1.807) is 0 Å². The quantitative estimate of drug-likeness (QED) is 0.440. The van der Waals surface area contributed by atoms with E-state index in [4.69, 9.17) is 10.5 Å². The van der Waals surface area contributed by atoms with Crippen molar-refractivity contribution in [2.24, 2.45) is 11.7 Å². The zero-order valence-electron chi connectivity index (χ0n) is 16.8. The molecule has 0 bridgehead atoms. The van der Waals surface area contributed by atoms with Gasteiger partial charge in [-0.15, -0.1) is 0 Å². The van der Waals surface area contributed by atoms with Gasteiger partial charge in [0.15, 0.2) is 0 Å². The summed E-state index contributed by atoms with van der Waals surface area (Å²) in [5, 5.41) is 35.8. The molecule has 1 aromatic rings. The molecule has 1 aliphatic carbocycles. The standard InChI is InChI=1S/C21H32N4O4/c1-24-10-23-19(22)14-7-8-25(20(14)24)21-17(28)16(27)18(29-21)15(26)13-6-5-11-3-2-4-12(11)9-13/h5-6,9,14-21,23,26-28H,2-4,7-8,10,22H2,1H3/t14?,15-,16+,17-,18-,19?,20?,21-/m1/s1. The maximum Gasteiger partial charge on any atom is 0.141 e. The largest absolute Gasteiger partial charge is 0.387 e. The zero-order chi connectivity index (χ0) is 20.3. The zero-order valence-corrected chi connectivity index (χ0v) is 16.8. The van der Waals surface area contributed by atoms with E-state index in [2.05, 4.69) is 21.2 Å². The number of hydrogen-bond acceptors (Lipinski definition) is 8. The summed E-state index contributed by atoms with van der Waals surface area (Å²) in [6.07, 6.45) is -0.678. The summed E-state index contributed by atoms with van der Waals surface area (Å²) in [5.74, 6) is 0.224. The summed E-state index contributed by atoms with van der Waals surface area (Å²) in [4.78, 5) is 4.25. The van der Waals surface area contributed by atoms with Crippen molar-refractivity contribution in [3.63, 3.8) is 0 Å². The van der Waals surface area contributed by atoms with E-state index in [0.29, 0.717) is 6.67 Å². The number of hydrogen-bond donors (Lipinski definition) is 5. The van der Waals surface area contributed by atoms with Crippen LogP contribution in [0.15, 0.2) is 18.2 Å². The van der Waals surface area contributed by atoms with Crippen LogP contribution in [0.4, 0.5) is 0 Å². The fourth-order valence-corrected chi connectivity index (χ4v) is 5.73. The molecular weight excluding hydrogens is 372 g/mol. The van der Waals surface area contributed by atoms with Gasteiger partial charge in [-0.1, -0.05) is 18.2 Å². The highest BCUT2D eigenvalue weighted by molar-refractivity contribution is 5.36. The molecule has 4 aliphatic rings. The number of aliphatic hydroxyl groups excluding tert-OH is 3. The van der Waals surface area contributed by atoms with E-state index in [-0.39, 0.29) is 18.2 Å². The average Bonchev–Trinajstić information content (AvgIpc) is 3.43. The summed E-state index contributed by atoms with van der Waals surface area (Å²) in [6.45, 7) is 1.39. The fraction of sp³-hybridized carbons (Fsp3) is 0.714. The Kier molecular flexibility index (Phi) is 5.16. The summed E-state index contributed by atoms with van der Waals surface area (Å²) in [7, 11) is 2.02. The van der Waals surface area contributed by atoms with Gasteiger partial charge < -0.3 is 25.8 Å². The first-order valence-corrected chi connectivity index (χ1v) is 10.7. The minimum atomic E-state index is -1.15. The van der Waals surface area contributed by atoms with Gasteiger partial charge in [0.25, 0.3) is 0 Å². The maximum atomic E-state index is 11.0. The molecule has 29 heavy (non-hydrogen) atoms. The number of aryl methyl sites for hydroxylation is 2. The molecule has 3 fully saturated rings. The highest BCUT2D eigenvalue weighted by Crippen LogP contribution is 2.39. The predicted molar refractivity (Wildman–Crippen MR) is 106 cm³/mol. The van der Waals surface area contributed by atoms with Crippen molar-refractivity contribution in [3.8, 4) is 0 Å². The Morgan fingerprint density at radius 2 is 2.00 bits per heavy atom. The van der Waals surface area contributed by atoms with Crippen LogP contribution in [0.5, 0.6) is 0 Å². The van der Waals surface area contributed by atoms with Gasteiger partial charge in [-0.05, 0) is 49.4 Å². The lowest BCUT2D eigenvalue weighted by Crippen LogP contribution is -2.64. The number of rotatable bonds is 3.